The van der Waals surface area contributed by atoms with E-state index in [0.717, 1.165) is 11.1 Å². The number of allylic oxidation sites excluding steroid dienone is 8. The molecule has 30 heavy (non-hydrogen) atoms. The van der Waals surface area contributed by atoms with Gasteiger partial charge in [0.1, 0.15) is 12.1 Å². The van der Waals surface area contributed by atoms with Gasteiger partial charge in [-0.15, -0.1) is 0 Å². The van der Waals surface area contributed by atoms with Gasteiger partial charge in [-0.1, -0.05) is 48.6 Å². The molecule has 0 heterocycles. The minimum absolute atomic E-state index is 0.530. The van der Waals surface area contributed by atoms with Crippen LogP contribution < -0.4 is 0 Å². The normalized spacial score (nSPS) is 12.8. The third-order valence-electron chi connectivity index (χ3n) is 4.01. The third-order valence-corrected chi connectivity index (χ3v) is 4.01. The zero-order valence-corrected chi connectivity index (χ0v) is 17.0. The van der Waals surface area contributed by atoms with Crippen LogP contribution in [0.1, 0.15) is 25.0 Å². The van der Waals surface area contributed by atoms with Crippen LogP contribution in [0.4, 0.5) is 11.4 Å². The molecule has 0 saturated heterocycles. The molecule has 0 N–H and O–H groups in total. The van der Waals surface area contributed by atoms with Crippen molar-refractivity contribution in [1.29, 1.82) is 10.5 Å². The molecule has 0 bridgehead atoms. The van der Waals surface area contributed by atoms with E-state index in [9.17, 15) is 10.5 Å². The lowest BCUT2D eigenvalue weighted by molar-refractivity contribution is 1.44. The summed E-state index contributed by atoms with van der Waals surface area (Å²) in [6.07, 6.45) is 15.0. The lowest BCUT2D eigenvalue weighted by Crippen LogP contribution is -1.86. The molecule has 0 saturated carbocycles. The van der Waals surface area contributed by atoms with Crippen molar-refractivity contribution >= 4 is 23.8 Å². The summed E-state index contributed by atoms with van der Waals surface area (Å²) in [7, 11) is 0. The largest absolute Gasteiger partial charge is 0.255 e. The van der Waals surface area contributed by atoms with Crippen LogP contribution in [0, 0.1) is 22.7 Å². The van der Waals surface area contributed by atoms with E-state index in [1.54, 1.807) is 36.7 Å². The van der Waals surface area contributed by atoms with Crippen LogP contribution >= 0.6 is 0 Å². The van der Waals surface area contributed by atoms with Gasteiger partial charge in [-0.05, 0) is 61.4 Å². The molecule has 0 aliphatic rings. The molecule has 4 nitrogen and oxygen atoms in total. The number of nitrogens with zero attached hydrogens (tertiary/aromatic N) is 4. The van der Waals surface area contributed by atoms with Crippen LogP contribution in [0.5, 0.6) is 0 Å². The van der Waals surface area contributed by atoms with Gasteiger partial charge in [0.05, 0.1) is 22.5 Å². The first-order valence-corrected chi connectivity index (χ1v) is 9.46. The Bertz CT molecular complexity index is 1040. The molecular weight excluding hydrogens is 368 g/mol. The van der Waals surface area contributed by atoms with E-state index in [0.29, 0.717) is 22.5 Å². The topological polar surface area (TPSA) is 72.3 Å². The van der Waals surface area contributed by atoms with Crippen molar-refractivity contribution in [2.75, 3.05) is 0 Å². The van der Waals surface area contributed by atoms with Gasteiger partial charge in [-0.2, -0.15) is 10.5 Å². The van der Waals surface area contributed by atoms with E-state index in [-0.39, 0.29) is 0 Å². The second kappa shape index (κ2) is 12.2. The highest BCUT2D eigenvalue weighted by molar-refractivity contribution is 5.82. The Balaban J connectivity index is 2.35. The molecule has 0 aliphatic carbocycles. The van der Waals surface area contributed by atoms with Gasteiger partial charge >= 0.3 is 0 Å². The maximum absolute atomic E-state index is 9.19. The summed E-state index contributed by atoms with van der Waals surface area (Å²) in [4.78, 5) is 8.83. The van der Waals surface area contributed by atoms with Crippen molar-refractivity contribution in [1.82, 2.24) is 0 Å². The predicted octanol–water partition coefficient (Wildman–Crippen LogP) is 6.54. The number of hydrogen-bond acceptors (Lipinski definition) is 4. The summed E-state index contributed by atoms with van der Waals surface area (Å²) < 4.78 is 0. The average Bonchev–Trinajstić information content (AvgIpc) is 2.78. The van der Waals surface area contributed by atoms with Crippen molar-refractivity contribution in [3.8, 4) is 12.1 Å². The number of benzene rings is 2. The SMILES string of the molecule is C\C=C/C(=C/C=N/c1ccccc1C#N)C(/C=C\C)=C/C=N/c1ccccc1C#N. The van der Waals surface area contributed by atoms with E-state index in [4.69, 9.17) is 0 Å². The molecule has 2 rings (SSSR count). The first-order valence-electron chi connectivity index (χ1n) is 9.46. The highest BCUT2D eigenvalue weighted by Gasteiger charge is 2.00. The molecule has 2 aromatic rings. The Morgan fingerprint density at radius 2 is 1.10 bits per heavy atom. The summed E-state index contributed by atoms with van der Waals surface area (Å²) in [5, 5.41) is 18.4. The van der Waals surface area contributed by atoms with Crippen LogP contribution in [0.25, 0.3) is 0 Å². The number of hydrogen-bond donors (Lipinski definition) is 0. The minimum atomic E-state index is 0.530. The van der Waals surface area contributed by atoms with Crippen molar-refractivity contribution in [3.05, 3.63) is 107 Å². The van der Waals surface area contributed by atoms with E-state index in [2.05, 4.69) is 22.1 Å². The Labute approximate surface area is 177 Å². The molecule has 0 aliphatic heterocycles. The third kappa shape index (κ3) is 6.41. The van der Waals surface area contributed by atoms with Gasteiger partial charge in [-0.3, -0.25) is 9.98 Å². The first-order chi connectivity index (χ1) is 14.7. The Morgan fingerprint density at radius 1 is 0.700 bits per heavy atom. The molecule has 146 valence electrons. The Hall–Kier alpha value is -4.28. The monoisotopic (exact) mass is 390 g/mol. The van der Waals surface area contributed by atoms with E-state index < -0.39 is 0 Å². The Morgan fingerprint density at radius 3 is 1.47 bits per heavy atom. The van der Waals surface area contributed by atoms with Crippen LogP contribution in [-0.4, -0.2) is 12.4 Å². The van der Waals surface area contributed by atoms with E-state index >= 15 is 0 Å². The van der Waals surface area contributed by atoms with Crippen molar-refractivity contribution in [2.24, 2.45) is 9.98 Å². The quantitative estimate of drug-likeness (QED) is 0.398. The molecule has 2 aromatic carbocycles. The van der Waals surface area contributed by atoms with E-state index in [1.807, 2.05) is 74.6 Å². The zero-order valence-electron chi connectivity index (χ0n) is 17.0. The fourth-order valence-corrected chi connectivity index (χ4v) is 2.61. The lowest BCUT2D eigenvalue weighted by Gasteiger charge is -2.02. The molecule has 0 unspecified atom stereocenters. The van der Waals surface area contributed by atoms with Crippen LogP contribution in [-0.2, 0) is 0 Å². The fraction of sp³-hybridized carbons (Fsp3) is 0.0769. The van der Waals surface area contributed by atoms with E-state index in [1.165, 1.54) is 0 Å². The Kier molecular flexibility index (Phi) is 8.98. The van der Waals surface area contributed by atoms with Gasteiger partial charge < -0.3 is 0 Å². The number of rotatable bonds is 7. The molecule has 0 fully saturated rings. The molecule has 0 spiro atoms. The smallest absolute Gasteiger partial charge is 0.101 e. The lowest BCUT2D eigenvalue weighted by atomic mass is 10.0. The fourth-order valence-electron chi connectivity index (χ4n) is 2.61. The molecular formula is C26H22N4. The number of nitriles is 2. The minimum Gasteiger partial charge on any atom is -0.255 e. The zero-order chi connectivity index (χ0) is 21.6. The van der Waals surface area contributed by atoms with Crippen LogP contribution in [0.3, 0.4) is 0 Å². The first kappa shape index (κ1) is 22.0. The van der Waals surface area contributed by atoms with Gasteiger partial charge in [0, 0.05) is 12.4 Å². The van der Waals surface area contributed by atoms with Gasteiger partial charge in [0.25, 0.3) is 0 Å². The van der Waals surface area contributed by atoms with Gasteiger partial charge in [0.2, 0.25) is 0 Å². The average molecular weight is 390 g/mol. The molecule has 0 atom stereocenters. The number of para-hydroxylation sites is 2. The molecule has 4 heteroatoms. The van der Waals surface area contributed by atoms with Gasteiger partial charge in [-0.25, -0.2) is 0 Å². The highest BCUT2D eigenvalue weighted by atomic mass is 14.7. The van der Waals surface area contributed by atoms with Crippen LogP contribution in [0.15, 0.2) is 106 Å². The predicted molar refractivity (Wildman–Crippen MR) is 124 cm³/mol. The van der Waals surface area contributed by atoms with Crippen molar-refractivity contribution < 1.29 is 0 Å². The highest BCUT2D eigenvalue weighted by Crippen LogP contribution is 2.19. The maximum Gasteiger partial charge on any atom is 0.101 e. The van der Waals surface area contributed by atoms with Crippen molar-refractivity contribution in [2.45, 2.75) is 13.8 Å². The van der Waals surface area contributed by atoms with Crippen molar-refractivity contribution in [3.63, 3.8) is 0 Å². The standard InChI is InChI=1S/C26H22N4/c1-3-9-21(15-17-29-25-13-7-5-11-23(25)19-27)22(10-4-2)16-18-30-26-14-8-6-12-24(26)20-28/h3-18H,1-2H3/b9-3-,10-4-,21-15-,22-16+,29-17+,30-18+. The molecule has 0 radical (unpaired) electrons. The number of aliphatic imine (C=N–C) groups is 2. The summed E-state index contributed by atoms with van der Waals surface area (Å²) in [5.74, 6) is 0. The summed E-state index contributed by atoms with van der Waals surface area (Å²) in [6.45, 7) is 3.89. The maximum atomic E-state index is 9.19. The van der Waals surface area contributed by atoms with Crippen LogP contribution in [0.2, 0.25) is 0 Å². The molecule has 0 amide bonds. The van der Waals surface area contributed by atoms with Gasteiger partial charge in [0.15, 0.2) is 0 Å². The summed E-state index contributed by atoms with van der Waals surface area (Å²) >= 11 is 0. The summed E-state index contributed by atoms with van der Waals surface area (Å²) in [6, 6.07) is 18.7. The second-order valence-corrected chi connectivity index (χ2v) is 6.06. The second-order valence-electron chi connectivity index (χ2n) is 6.06. The molecule has 0 aromatic heterocycles. The summed E-state index contributed by atoms with van der Waals surface area (Å²) in [5.41, 5.74) is 4.19.